The Kier molecular flexibility index (Phi) is 4.24. The fourth-order valence-electron chi connectivity index (χ4n) is 2.58. The number of aryl methyl sites for hydroxylation is 1. The summed E-state index contributed by atoms with van der Waals surface area (Å²) < 4.78 is 1.70. The molecule has 3 rings (SSSR count). The second kappa shape index (κ2) is 6.20. The van der Waals surface area contributed by atoms with Crippen molar-refractivity contribution in [3.8, 4) is 0 Å². The van der Waals surface area contributed by atoms with Gasteiger partial charge in [-0.1, -0.05) is 37.6 Å². The number of imide groups is 1. The normalized spacial score (nSPS) is 14.3. The van der Waals surface area contributed by atoms with Crippen LogP contribution in [0.25, 0.3) is 0 Å². The van der Waals surface area contributed by atoms with E-state index in [0.29, 0.717) is 40.0 Å². The largest absolute Gasteiger partial charge is 0.282 e. The molecule has 24 heavy (non-hydrogen) atoms. The highest BCUT2D eigenvalue weighted by molar-refractivity contribution is 6.32. The second-order valence-corrected chi connectivity index (χ2v) is 6.44. The molecule has 0 radical (unpaired) electrons. The minimum absolute atomic E-state index is 0.359. The Bertz CT molecular complexity index is 819. The first kappa shape index (κ1) is 16.4. The molecule has 2 heterocycles. The first-order chi connectivity index (χ1) is 11.4. The quantitative estimate of drug-likeness (QED) is 0.632. The van der Waals surface area contributed by atoms with Gasteiger partial charge in [-0.15, -0.1) is 0 Å². The topological polar surface area (TPSA) is 67.6 Å². The maximum absolute atomic E-state index is 12.3. The third-order valence-electron chi connectivity index (χ3n) is 3.72. The molecule has 7 heteroatoms. The summed E-state index contributed by atoms with van der Waals surface area (Å²) in [7, 11) is 0. The number of amides is 2. The van der Waals surface area contributed by atoms with Crippen LogP contribution in [0, 0.1) is 12.8 Å². The lowest BCUT2D eigenvalue weighted by molar-refractivity contribution is 0.0660. The van der Waals surface area contributed by atoms with E-state index in [1.807, 2.05) is 6.92 Å². The lowest BCUT2D eigenvalue weighted by Gasteiger charge is -2.06. The molecule has 1 aliphatic rings. The van der Waals surface area contributed by atoms with E-state index in [4.69, 9.17) is 11.6 Å². The summed E-state index contributed by atoms with van der Waals surface area (Å²) in [4.78, 5) is 24.6. The average molecular weight is 345 g/mol. The molecule has 0 spiro atoms. The fraction of sp³-hybridized carbons (Fsp3) is 0.294. The molecule has 1 aliphatic heterocycles. The number of carbonyl (C=O) groups is 2. The highest BCUT2D eigenvalue weighted by Crippen LogP contribution is 2.24. The van der Waals surface area contributed by atoms with Gasteiger partial charge in [-0.25, -0.2) is 0 Å². The molecule has 0 bridgehead atoms. The minimum Gasteiger partial charge on any atom is -0.267 e. The minimum atomic E-state index is -0.435. The van der Waals surface area contributed by atoms with E-state index in [0.717, 1.165) is 5.01 Å². The predicted octanol–water partition coefficient (Wildman–Crippen LogP) is 3.13. The van der Waals surface area contributed by atoms with Crippen LogP contribution in [0.5, 0.6) is 0 Å². The molecule has 2 amide bonds. The van der Waals surface area contributed by atoms with Gasteiger partial charge in [-0.3, -0.25) is 14.3 Å². The third kappa shape index (κ3) is 2.73. The molecule has 0 atom stereocenters. The highest BCUT2D eigenvalue weighted by Gasteiger charge is 2.35. The van der Waals surface area contributed by atoms with Gasteiger partial charge in [-0.2, -0.15) is 15.2 Å². The monoisotopic (exact) mass is 344 g/mol. The number of rotatable bonds is 4. The first-order valence-electron chi connectivity index (χ1n) is 7.65. The molecule has 0 saturated heterocycles. The first-order valence-corrected chi connectivity index (χ1v) is 8.02. The van der Waals surface area contributed by atoms with Crippen molar-refractivity contribution >= 4 is 29.6 Å². The number of benzene rings is 1. The standard InChI is InChI=1S/C17H17ClN4O2/c1-10(2)9-21-15(18)14(11(3)20-21)8-19-22-16(23)12-6-4-5-7-13(12)17(22)24/h4-8,10H,9H2,1-3H3/b19-8-. The molecule has 2 aromatic rings. The van der Waals surface area contributed by atoms with Gasteiger partial charge in [0.15, 0.2) is 0 Å². The molecule has 1 aromatic carbocycles. The molecule has 0 unspecified atom stereocenters. The summed E-state index contributed by atoms with van der Waals surface area (Å²) in [5.74, 6) is -0.478. The molecule has 0 aliphatic carbocycles. The van der Waals surface area contributed by atoms with Gasteiger partial charge in [0.2, 0.25) is 0 Å². The van der Waals surface area contributed by atoms with Crippen molar-refractivity contribution in [1.82, 2.24) is 14.8 Å². The van der Waals surface area contributed by atoms with E-state index in [2.05, 4.69) is 24.0 Å². The van der Waals surface area contributed by atoms with Gasteiger partial charge >= 0.3 is 0 Å². The molecule has 6 nitrogen and oxygen atoms in total. The Balaban J connectivity index is 1.89. The number of hydrogen-bond donors (Lipinski definition) is 0. The van der Waals surface area contributed by atoms with Crippen molar-refractivity contribution < 1.29 is 9.59 Å². The summed E-state index contributed by atoms with van der Waals surface area (Å²) in [5, 5.41) is 9.74. The zero-order valence-corrected chi connectivity index (χ0v) is 14.4. The summed E-state index contributed by atoms with van der Waals surface area (Å²) >= 11 is 6.34. The molecule has 0 N–H and O–H groups in total. The fourth-order valence-corrected chi connectivity index (χ4v) is 2.87. The predicted molar refractivity (Wildman–Crippen MR) is 91.3 cm³/mol. The summed E-state index contributed by atoms with van der Waals surface area (Å²) in [6, 6.07) is 6.66. The Hall–Kier alpha value is -2.47. The van der Waals surface area contributed by atoms with Crippen LogP contribution in [-0.4, -0.2) is 32.8 Å². The number of halogens is 1. The van der Waals surface area contributed by atoms with E-state index in [1.54, 1.807) is 28.9 Å². The number of fused-ring (bicyclic) bond motifs is 1. The van der Waals surface area contributed by atoms with Gasteiger partial charge in [0.05, 0.1) is 28.6 Å². The van der Waals surface area contributed by atoms with E-state index in [-0.39, 0.29) is 0 Å². The zero-order chi connectivity index (χ0) is 17.4. The summed E-state index contributed by atoms with van der Waals surface area (Å²) in [6.45, 7) is 6.63. The van der Waals surface area contributed by atoms with Crippen molar-refractivity contribution in [3.63, 3.8) is 0 Å². The number of hydrazone groups is 1. The van der Waals surface area contributed by atoms with E-state index < -0.39 is 11.8 Å². The van der Waals surface area contributed by atoms with Crippen molar-refractivity contribution in [2.45, 2.75) is 27.3 Å². The van der Waals surface area contributed by atoms with Gasteiger partial charge in [-0.05, 0) is 25.0 Å². The van der Waals surface area contributed by atoms with Gasteiger partial charge in [0.25, 0.3) is 11.8 Å². The van der Waals surface area contributed by atoms with Crippen LogP contribution in [0.1, 0.15) is 45.8 Å². The summed E-state index contributed by atoms with van der Waals surface area (Å²) in [5.41, 5.74) is 2.02. The van der Waals surface area contributed by atoms with Crippen molar-refractivity contribution in [2.75, 3.05) is 0 Å². The van der Waals surface area contributed by atoms with Crippen LogP contribution >= 0.6 is 11.6 Å². The maximum Gasteiger partial charge on any atom is 0.282 e. The van der Waals surface area contributed by atoms with Crippen LogP contribution in [0.15, 0.2) is 29.4 Å². The zero-order valence-electron chi connectivity index (χ0n) is 13.7. The lowest BCUT2D eigenvalue weighted by Crippen LogP contribution is -2.24. The maximum atomic E-state index is 12.3. The molecule has 0 fully saturated rings. The number of hydrogen-bond acceptors (Lipinski definition) is 4. The van der Waals surface area contributed by atoms with E-state index in [1.165, 1.54) is 6.21 Å². The Morgan fingerprint density at radius 1 is 1.21 bits per heavy atom. The van der Waals surface area contributed by atoms with Gasteiger partial charge in [0, 0.05) is 6.54 Å². The number of nitrogens with zero attached hydrogens (tertiary/aromatic N) is 4. The van der Waals surface area contributed by atoms with Crippen molar-refractivity contribution in [2.24, 2.45) is 11.0 Å². The van der Waals surface area contributed by atoms with Crippen LogP contribution in [0.4, 0.5) is 0 Å². The molecular weight excluding hydrogens is 328 g/mol. The van der Waals surface area contributed by atoms with Crippen LogP contribution in [0.2, 0.25) is 5.15 Å². The summed E-state index contributed by atoms with van der Waals surface area (Å²) in [6.07, 6.45) is 1.42. The number of carbonyl (C=O) groups excluding carboxylic acids is 2. The number of aromatic nitrogens is 2. The molecule has 1 aromatic heterocycles. The Labute approximate surface area is 144 Å². The van der Waals surface area contributed by atoms with Crippen LogP contribution < -0.4 is 0 Å². The van der Waals surface area contributed by atoms with Gasteiger partial charge < -0.3 is 0 Å². The lowest BCUT2D eigenvalue weighted by atomic mass is 10.1. The second-order valence-electron chi connectivity index (χ2n) is 6.08. The third-order valence-corrected chi connectivity index (χ3v) is 4.12. The van der Waals surface area contributed by atoms with E-state index in [9.17, 15) is 9.59 Å². The van der Waals surface area contributed by atoms with Crippen molar-refractivity contribution in [3.05, 3.63) is 51.8 Å². The Morgan fingerprint density at radius 2 is 1.79 bits per heavy atom. The SMILES string of the molecule is Cc1nn(CC(C)C)c(Cl)c1/C=N\N1C(=O)c2ccccc2C1=O. The Morgan fingerprint density at radius 3 is 2.33 bits per heavy atom. The average Bonchev–Trinajstić information content (AvgIpc) is 2.93. The van der Waals surface area contributed by atoms with Gasteiger partial charge in [0.1, 0.15) is 5.15 Å². The molecular formula is C17H17ClN4O2. The smallest absolute Gasteiger partial charge is 0.267 e. The van der Waals surface area contributed by atoms with E-state index >= 15 is 0 Å². The van der Waals surface area contributed by atoms with Crippen molar-refractivity contribution in [1.29, 1.82) is 0 Å². The highest BCUT2D eigenvalue weighted by atomic mass is 35.5. The van der Waals surface area contributed by atoms with Crippen LogP contribution in [-0.2, 0) is 6.54 Å². The van der Waals surface area contributed by atoms with Crippen LogP contribution in [0.3, 0.4) is 0 Å². The molecule has 0 saturated carbocycles. The molecule has 124 valence electrons.